The third-order valence-corrected chi connectivity index (χ3v) is 2.82. The number of nitrogens with one attached hydrogen (secondary N) is 1. The number of amides is 1. The summed E-state index contributed by atoms with van der Waals surface area (Å²) in [5.41, 5.74) is 7.59. The first-order valence-electron chi connectivity index (χ1n) is 6.27. The van der Waals surface area contributed by atoms with Crippen LogP contribution in [0.15, 0.2) is 53.7 Å². The van der Waals surface area contributed by atoms with Crippen LogP contribution in [0.25, 0.3) is 11.3 Å². The molecule has 0 aliphatic rings. The van der Waals surface area contributed by atoms with Gasteiger partial charge in [-0.05, 0) is 12.1 Å². The van der Waals surface area contributed by atoms with Gasteiger partial charge in [0.25, 0.3) is 0 Å². The zero-order valence-corrected chi connectivity index (χ0v) is 11.1. The second kappa shape index (κ2) is 5.49. The third-order valence-electron chi connectivity index (χ3n) is 2.82. The van der Waals surface area contributed by atoms with E-state index in [0.717, 1.165) is 5.56 Å². The molecule has 0 fully saturated rings. The summed E-state index contributed by atoms with van der Waals surface area (Å²) in [5.74, 6) is 0.457. The van der Waals surface area contributed by atoms with Crippen LogP contribution in [-0.2, 0) is 11.3 Å². The van der Waals surface area contributed by atoms with Crippen molar-refractivity contribution >= 4 is 17.3 Å². The summed E-state index contributed by atoms with van der Waals surface area (Å²) in [7, 11) is 0. The number of aromatic nitrogens is 3. The standard InChI is InChI=1S/C14H13N5O2/c15-11-5-17-19(7-11)8-14(20)18-12-3-1-2-10(4-12)13-6-16-9-21-13/h1-7,9H,8,15H2,(H,18,20). The molecule has 0 saturated carbocycles. The van der Waals surface area contributed by atoms with Gasteiger partial charge in [0.15, 0.2) is 12.2 Å². The Hall–Kier alpha value is -3.09. The normalized spacial score (nSPS) is 10.5. The predicted octanol–water partition coefficient (Wildman–Crippen LogP) is 1.76. The van der Waals surface area contributed by atoms with Crippen LogP contribution in [0, 0.1) is 0 Å². The van der Waals surface area contributed by atoms with Crippen LogP contribution in [0.1, 0.15) is 0 Å². The number of oxazole rings is 1. The average Bonchev–Trinajstić information content (AvgIpc) is 3.11. The quantitative estimate of drug-likeness (QED) is 0.760. The molecule has 0 aliphatic carbocycles. The van der Waals surface area contributed by atoms with Gasteiger partial charge in [-0.2, -0.15) is 5.10 Å². The van der Waals surface area contributed by atoms with Gasteiger partial charge in [0.2, 0.25) is 5.91 Å². The highest BCUT2D eigenvalue weighted by molar-refractivity contribution is 5.91. The first-order chi connectivity index (χ1) is 10.2. The molecule has 1 amide bonds. The minimum Gasteiger partial charge on any atom is -0.444 e. The van der Waals surface area contributed by atoms with Crippen LogP contribution < -0.4 is 11.1 Å². The third kappa shape index (κ3) is 3.08. The minimum atomic E-state index is -0.187. The Morgan fingerprint density at radius 1 is 1.38 bits per heavy atom. The molecule has 3 rings (SSSR count). The van der Waals surface area contributed by atoms with Gasteiger partial charge in [0, 0.05) is 17.4 Å². The first kappa shape index (κ1) is 12.9. The van der Waals surface area contributed by atoms with E-state index in [1.165, 1.54) is 17.3 Å². The van der Waals surface area contributed by atoms with Gasteiger partial charge in [0.1, 0.15) is 6.54 Å². The molecule has 0 aliphatic heterocycles. The Morgan fingerprint density at radius 2 is 2.29 bits per heavy atom. The second-order valence-corrected chi connectivity index (χ2v) is 4.47. The van der Waals surface area contributed by atoms with Crippen molar-refractivity contribution in [3.05, 3.63) is 49.2 Å². The summed E-state index contributed by atoms with van der Waals surface area (Å²) in [4.78, 5) is 15.8. The molecule has 0 atom stereocenters. The Morgan fingerprint density at radius 3 is 3.00 bits per heavy atom. The van der Waals surface area contributed by atoms with E-state index in [1.807, 2.05) is 18.2 Å². The maximum Gasteiger partial charge on any atom is 0.246 e. The van der Waals surface area contributed by atoms with Gasteiger partial charge in [-0.25, -0.2) is 4.98 Å². The number of nitrogens with zero attached hydrogens (tertiary/aromatic N) is 3. The fraction of sp³-hybridized carbons (Fsp3) is 0.0714. The number of carbonyl (C=O) groups is 1. The van der Waals surface area contributed by atoms with E-state index in [1.54, 1.807) is 18.5 Å². The molecule has 7 nitrogen and oxygen atoms in total. The molecule has 1 aromatic carbocycles. The Balaban J connectivity index is 1.70. The number of anilines is 2. The van der Waals surface area contributed by atoms with Crippen LogP contribution in [0.3, 0.4) is 0 Å². The van der Waals surface area contributed by atoms with Gasteiger partial charge in [0.05, 0.1) is 18.1 Å². The fourth-order valence-corrected chi connectivity index (χ4v) is 1.92. The van der Waals surface area contributed by atoms with E-state index in [2.05, 4.69) is 15.4 Å². The van der Waals surface area contributed by atoms with E-state index in [4.69, 9.17) is 10.2 Å². The zero-order valence-electron chi connectivity index (χ0n) is 11.1. The summed E-state index contributed by atoms with van der Waals surface area (Å²) in [6.45, 7) is 0.101. The van der Waals surface area contributed by atoms with Crippen molar-refractivity contribution in [2.24, 2.45) is 0 Å². The van der Waals surface area contributed by atoms with Crippen LogP contribution >= 0.6 is 0 Å². The molecule has 3 aromatic rings. The van der Waals surface area contributed by atoms with Crippen molar-refractivity contribution in [3.8, 4) is 11.3 Å². The van der Waals surface area contributed by atoms with Gasteiger partial charge < -0.3 is 15.5 Å². The van der Waals surface area contributed by atoms with Gasteiger partial charge in [-0.1, -0.05) is 12.1 Å². The molecule has 0 radical (unpaired) electrons. The number of rotatable bonds is 4. The summed E-state index contributed by atoms with van der Waals surface area (Å²) in [5, 5.41) is 6.76. The lowest BCUT2D eigenvalue weighted by Gasteiger charge is -2.06. The highest BCUT2D eigenvalue weighted by Crippen LogP contribution is 2.21. The lowest BCUT2D eigenvalue weighted by atomic mass is 10.1. The van der Waals surface area contributed by atoms with Crippen LogP contribution in [0.5, 0.6) is 0 Å². The van der Waals surface area contributed by atoms with E-state index >= 15 is 0 Å². The smallest absolute Gasteiger partial charge is 0.246 e. The highest BCUT2D eigenvalue weighted by Gasteiger charge is 2.07. The zero-order chi connectivity index (χ0) is 14.7. The lowest BCUT2D eigenvalue weighted by molar-refractivity contribution is -0.116. The summed E-state index contributed by atoms with van der Waals surface area (Å²) < 4.78 is 6.70. The Bertz CT molecular complexity index is 748. The summed E-state index contributed by atoms with van der Waals surface area (Å²) in [6.07, 6.45) is 6.08. The summed E-state index contributed by atoms with van der Waals surface area (Å²) in [6, 6.07) is 7.33. The molecule has 3 N–H and O–H groups in total. The number of nitrogens with two attached hydrogens (primary N) is 1. The maximum absolute atomic E-state index is 11.9. The molecule has 2 aromatic heterocycles. The van der Waals surface area contributed by atoms with Crippen molar-refractivity contribution in [2.45, 2.75) is 6.54 Å². The average molecular weight is 283 g/mol. The van der Waals surface area contributed by atoms with E-state index < -0.39 is 0 Å². The molecule has 106 valence electrons. The van der Waals surface area contributed by atoms with Gasteiger partial charge in [-0.15, -0.1) is 0 Å². The predicted molar refractivity (Wildman–Crippen MR) is 77.2 cm³/mol. The molecule has 7 heteroatoms. The molecule has 21 heavy (non-hydrogen) atoms. The highest BCUT2D eigenvalue weighted by atomic mass is 16.3. The first-order valence-corrected chi connectivity index (χ1v) is 6.27. The monoisotopic (exact) mass is 283 g/mol. The molecular weight excluding hydrogens is 270 g/mol. The Labute approximate surface area is 120 Å². The molecular formula is C14H13N5O2. The van der Waals surface area contributed by atoms with E-state index in [-0.39, 0.29) is 12.5 Å². The molecule has 0 unspecified atom stereocenters. The SMILES string of the molecule is Nc1cnn(CC(=O)Nc2cccc(-c3cnco3)c2)c1. The number of hydrogen-bond donors (Lipinski definition) is 2. The second-order valence-electron chi connectivity index (χ2n) is 4.47. The number of hydrogen-bond acceptors (Lipinski definition) is 5. The topological polar surface area (TPSA) is 99.0 Å². The van der Waals surface area contributed by atoms with E-state index in [9.17, 15) is 4.79 Å². The summed E-state index contributed by atoms with van der Waals surface area (Å²) >= 11 is 0. The lowest BCUT2D eigenvalue weighted by Crippen LogP contribution is -2.18. The number of benzene rings is 1. The number of nitrogen functional groups attached to an aromatic ring is 1. The van der Waals surface area contributed by atoms with Crippen molar-refractivity contribution in [1.82, 2.24) is 14.8 Å². The van der Waals surface area contributed by atoms with Crippen molar-refractivity contribution in [1.29, 1.82) is 0 Å². The minimum absolute atomic E-state index is 0.101. The van der Waals surface area contributed by atoms with Crippen LogP contribution in [0.4, 0.5) is 11.4 Å². The van der Waals surface area contributed by atoms with Crippen LogP contribution in [0.2, 0.25) is 0 Å². The fourth-order valence-electron chi connectivity index (χ4n) is 1.92. The van der Waals surface area contributed by atoms with Gasteiger partial charge >= 0.3 is 0 Å². The maximum atomic E-state index is 11.9. The Kier molecular flexibility index (Phi) is 3.38. The molecule has 0 spiro atoms. The molecule has 0 saturated heterocycles. The van der Waals surface area contributed by atoms with Gasteiger partial charge in [-0.3, -0.25) is 9.48 Å². The van der Waals surface area contributed by atoms with Crippen molar-refractivity contribution in [3.63, 3.8) is 0 Å². The van der Waals surface area contributed by atoms with Crippen molar-refractivity contribution < 1.29 is 9.21 Å². The molecule has 2 heterocycles. The molecule has 0 bridgehead atoms. The van der Waals surface area contributed by atoms with E-state index in [0.29, 0.717) is 17.1 Å². The van der Waals surface area contributed by atoms with Crippen LogP contribution in [-0.4, -0.2) is 20.7 Å². The van der Waals surface area contributed by atoms with Crippen molar-refractivity contribution in [2.75, 3.05) is 11.1 Å². The largest absolute Gasteiger partial charge is 0.444 e. The number of carbonyl (C=O) groups excluding carboxylic acids is 1.